The van der Waals surface area contributed by atoms with Crippen LogP contribution in [-0.2, 0) is 4.74 Å². The highest BCUT2D eigenvalue weighted by atomic mass is 16.6. The second-order valence-corrected chi connectivity index (χ2v) is 1.81. The average molecular weight is 136 g/mol. The number of aliphatic hydroxyl groups is 3. The predicted octanol–water partition coefficient (Wildman–Crippen LogP) is -1.31. The van der Waals surface area contributed by atoms with E-state index in [1.54, 1.807) is 0 Å². The first-order valence-electron chi connectivity index (χ1n) is 2.73. The molecule has 0 amide bonds. The molecule has 0 saturated carbocycles. The highest BCUT2D eigenvalue weighted by Crippen LogP contribution is 1.91. The van der Waals surface area contributed by atoms with Gasteiger partial charge in [-0.3, -0.25) is 0 Å². The smallest absolute Gasteiger partial charge is 0.143 e. The van der Waals surface area contributed by atoms with Gasteiger partial charge < -0.3 is 20.1 Å². The van der Waals surface area contributed by atoms with E-state index in [1.165, 1.54) is 6.92 Å². The van der Waals surface area contributed by atoms with E-state index in [-0.39, 0.29) is 6.61 Å². The Hall–Kier alpha value is -0.160. The van der Waals surface area contributed by atoms with Crippen molar-refractivity contribution in [1.82, 2.24) is 0 Å². The third-order valence-corrected chi connectivity index (χ3v) is 0.937. The van der Waals surface area contributed by atoms with Crippen molar-refractivity contribution < 1.29 is 20.1 Å². The maximum absolute atomic E-state index is 8.77. The molecule has 0 spiro atoms. The quantitative estimate of drug-likeness (QED) is 0.420. The van der Waals surface area contributed by atoms with Crippen LogP contribution in [0.2, 0.25) is 0 Å². The van der Waals surface area contributed by atoms with Gasteiger partial charge in [0.05, 0.1) is 12.7 Å². The second kappa shape index (κ2) is 4.69. The van der Waals surface area contributed by atoms with Gasteiger partial charge >= 0.3 is 0 Å². The van der Waals surface area contributed by atoms with Gasteiger partial charge in [0.2, 0.25) is 0 Å². The Morgan fingerprint density at radius 1 is 1.44 bits per heavy atom. The van der Waals surface area contributed by atoms with E-state index >= 15 is 0 Å². The number of rotatable bonds is 4. The summed E-state index contributed by atoms with van der Waals surface area (Å²) in [7, 11) is 0. The van der Waals surface area contributed by atoms with Gasteiger partial charge in [0.15, 0.2) is 0 Å². The molecular weight excluding hydrogens is 124 g/mol. The Balaban J connectivity index is 3.16. The fraction of sp³-hybridized carbons (Fsp3) is 1.00. The summed E-state index contributed by atoms with van der Waals surface area (Å²) < 4.78 is 4.40. The van der Waals surface area contributed by atoms with Crippen LogP contribution in [0.25, 0.3) is 0 Å². The summed E-state index contributed by atoms with van der Waals surface area (Å²) in [5.74, 6) is 0. The summed E-state index contributed by atoms with van der Waals surface area (Å²) in [6.07, 6.45) is -1.71. The minimum Gasteiger partial charge on any atom is -0.391 e. The monoisotopic (exact) mass is 136 g/mol. The zero-order chi connectivity index (χ0) is 7.28. The Bertz CT molecular complexity index is 64.0. The summed E-state index contributed by atoms with van der Waals surface area (Å²) >= 11 is 0. The van der Waals surface area contributed by atoms with E-state index in [4.69, 9.17) is 15.3 Å². The van der Waals surface area contributed by atoms with Gasteiger partial charge in [0.25, 0.3) is 0 Å². The van der Waals surface area contributed by atoms with Crippen LogP contribution < -0.4 is 0 Å². The Kier molecular flexibility index (Phi) is 4.61. The standard InChI is InChI=1S/C5H12O4/c1-4(7)5(8)2-9-3-6/h4-8H,2-3H2,1H3. The van der Waals surface area contributed by atoms with Crippen LogP contribution in [0.1, 0.15) is 6.92 Å². The van der Waals surface area contributed by atoms with E-state index in [1.807, 2.05) is 0 Å². The minimum absolute atomic E-state index is 0.0336. The lowest BCUT2D eigenvalue weighted by atomic mass is 10.2. The van der Waals surface area contributed by atoms with Crippen molar-refractivity contribution in [3.05, 3.63) is 0 Å². The van der Waals surface area contributed by atoms with E-state index in [0.29, 0.717) is 0 Å². The molecule has 4 heteroatoms. The Labute approximate surface area is 53.7 Å². The van der Waals surface area contributed by atoms with E-state index < -0.39 is 19.0 Å². The molecule has 0 aliphatic heterocycles. The largest absolute Gasteiger partial charge is 0.391 e. The van der Waals surface area contributed by atoms with E-state index in [0.717, 1.165) is 0 Å². The molecule has 0 saturated heterocycles. The highest BCUT2D eigenvalue weighted by Gasteiger charge is 2.09. The SMILES string of the molecule is CC(O)C(O)COCO. The second-order valence-electron chi connectivity index (χ2n) is 1.81. The molecule has 0 aliphatic carbocycles. The summed E-state index contributed by atoms with van der Waals surface area (Å²) in [6, 6.07) is 0. The van der Waals surface area contributed by atoms with Crippen LogP contribution in [0.15, 0.2) is 0 Å². The number of aliphatic hydroxyl groups excluding tert-OH is 3. The van der Waals surface area contributed by atoms with Crippen molar-refractivity contribution in [3.8, 4) is 0 Å². The lowest BCUT2D eigenvalue weighted by Crippen LogP contribution is -2.27. The topological polar surface area (TPSA) is 69.9 Å². The minimum atomic E-state index is -0.905. The van der Waals surface area contributed by atoms with Crippen LogP contribution in [0.4, 0.5) is 0 Å². The Morgan fingerprint density at radius 3 is 2.33 bits per heavy atom. The van der Waals surface area contributed by atoms with Crippen molar-refractivity contribution in [2.75, 3.05) is 13.4 Å². The molecule has 3 N–H and O–H groups in total. The van der Waals surface area contributed by atoms with Crippen molar-refractivity contribution in [1.29, 1.82) is 0 Å². The molecule has 0 aliphatic rings. The maximum atomic E-state index is 8.77. The molecule has 0 aromatic heterocycles. The fourth-order valence-electron chi connectivity index (χ4n) is 0.313. The lowest BCUT2D eigenvalue weighted by molar-refractivity contribution is -0.0726. The van der Waals surface area contributed by atoms with Gasteiger partial charge in [-0.2, -0.15) is 0 Å². The van der Waals surface area contributed by atoms with Gasteiger partial charge in [0, 0.05) is 0 Å². The Morgan fingerprint density at radius 2 is 2.00 bits per heavy atom. The first-order chi connectivity index (χ1) is 4.18. The molecular formula is C5H12O4. The summed E-state index contributed by atoms with van der Waals surface area (Å²) in [6.45, 7) is 0.989. The van der Waals surface area contributed by atoms with Gasteiger partial charge in [-0.05, 0) is 6.92 Å². The van der Waals surface area contributed by atoms with Crippen LogP contribution in [-0.4, -0.2) is 40.9 Å². The van der Waals surface area contributed by atoms with Crippen molar-refractivity contribution in [2.24, 2.45) is 0 Å². The van der Waals surface area contributed by atoms with Crippen LogP contribution in [0.5, 0.6) is 0 Å². The summed E-state index contributed by atoms with van der Waals surface area (Å²) in [5.41, 5.74) is 0. The molecule has 4 nitrogen and oxygen atoms in total. The van der Waals surface area contributed by atoms with Crippen LogP contribution in [0, 0.1) is 0 Å². The lowest BCUT2D eigenvalue weighted by Gasteiger charge is -2.11. The van der Waals surface area contributed by atoms with Crippen molar-refractivity contribution in [2.45, 2.75) is 19.1 Å². The predicted molar refractivity (Wildman–Crippen MR) is 30.7 cm³/mol. The third kappa shape index (κ3) is 4.35. The third-order valence-electron chi connectivity index (χ3n) is 0.937. The molecule has 56 valence electrons. The van der Waals surface area contributed by atoms with E-state index in [2.05, 4.69) is 4.74 Å². The number of hydrogen-bond donors (Lipinski definition) is 3. The van der Waals surface area contributed by atoms with Gasteiger partial charge in [-0.1, -0.05) is 0 Å². The molecule has 2 unspecified atom stereocenters. The molecule has 0 fully saturated rings. The number of ether oxygens (including phenoxy) is 1. The molecule has 0 radical (unpaired) electrons. The van der Waals surface area contributed by atoms with E-state index in [9.17, 15) is 0 Å². The van der Waals surface area contributed by atoms with Crippen molar-refractivity contribution in [3.63, 3.8) is 0 Å². The molecule has 0 rings (SSSR count). The molecule has 9 heavy (non-hydrogen) atoms. The molecule has 0 heterocycles. The molecule has 0 aromatic carbocycles. The van der Waals surface area contributed by atoms with Gasteiger partial charge in [-0.15, -0.1) is 0 Å². The van der Waals surface area contributed by atoms with Crippen molar-refractivity contribution >= 4 is 0 Å². The van der Waals surface area contributed by atoms with Gasteiger partial charge in [-0.25, -0.2) is 0 Å². The first-order valence-corrected chi connectivity index (χ1v) is 2.73. The zero-order valence-electron chi connectivity index (χ0n) is 5.32. The fourth-order valence-corrected chi connectivity index (χ4v) is 0.313. The summed E-state index contributed by atoms with van der Waals surface area (Å²) in [5, 5.41) is 25.5. The highest BCUT2D eigenvalue weighted by molar-refractivity contribution is 4.58. The molecule has 2 atom stereocenters. The van der Waals surface area contributed by atoms with Gasteiger partial charge in [0.1, 0.15) is 12.9 Å². The first kappa shape index (κ1) is 8.84. The normalized spacial score (nSPS) is 17.3. The molecule has 0 bridgehead atoms. The van der Waals surface area contributed by atoms with Crippen LogP contribution in [0.3, 0.4) is 0 Å². The molecule has 0 aromatic rings. The maximum Gasteiger partial charge on any atom is 0.143 e. The zero-order valence-corrected chi connectivity index (χ0v) is 5.32. The summed E-state index contributed by atoms with van der Waals surface area (Å²) in [4.78, 5) is 0. The number of hydrogen-bond acceptors (Lipinski definition) is 4. The average Bonchev–Trinajstić information content (AvgIpc) is 1.82. The van der Waals surface area contributed by atoms with Crippen LogP contribution >= 0.6 is 0 Å².